The zero-order chi connectivity index (χ0) is 22.4. The van der Waals surface area contributed by atoms with Gasteiger partial charge in [0.15, 0.2) is 0 Å². The Bertz CT molecular complexity index is 1020. The highest BCUT2D eigenvalue weighted by molar-refractivity contribution is 9.10. The van der Waals surface area contributed by atoms with Gasteiger partial charge in [-0.25, -0.2) is 8.42 Å². The standard InChI is InChI=1S/C19H24BrN5O4S2/c1-2-3-17-22-23-19(30-17)21-16(26)8-9-18(27)24-10-12-25(13-11-24)31(28,29)15-6-4-14(20)5-7-15/h4-7H,2-3,8-13H2,1H3,(H,21,23,26). The van der Waals surface area contributed by atoms with Crippen LogP contribution in [0.3, 0.4) is 0 Å². The minimum absolute atomic E-state index is 0.0406. The fraction of sp³-hybridized carbons (Fsp3) is 0.474. The Morgan fingerprint density at radius 2 is 1.77 bits per heavy atom. The number of hydrogen-bond acceptors (Lipinski definition) is 7. The zero-order valence-electron chi connectivity index (χ0n) is 17.1. The van der Waals surface area contributed by atoms with Crippen molar-refractivity contribution in [1.82, 2.24) is 19.4 Å². The van der Waals surface area contributed by atoms with Crippen LogP contribution in [-0.2, 0) is 26.0 Å². The van der Waals surface area contributed by atoms with Gasteiger partial charge in [-0.05, 0) is 30.7 Å². The van der Waals surface area contributed by atoms with Gasteiger partial charge in [0.25, 0.3) is 0 Å². The van der Waals surface area contributed by atoms with Crippen LogP contribution < -0.4 is 5.32 Å². The summed E-state index contributed by atoms with van der Waals surface area (Å²) in [6.07, 6.45) is 1.87. The topological polar surface area (TPSA) is 113 Å². The summed E-state index contributed by atoms with van der Waals surface area (Å²) in [5, 5.41) is 11.9. The van der Waals surface area contributed by atoms with Crippen LogP contribution in [0.4, 0.5) is 5.13 Å². The lowest BCUT2D eigenvalue weighted by Crippen LogP contribution is -2.50. The molecule has 1 fully saturated rings. The quantitative estimate of drug-likeness (QED) is 0.562. The van der Waals surface area contributed by atoms with E-state index in [4.69, 9.17) is 0 Å². The highest BCUT2D eigenvalue weighted by Crippen LogP contribution is 2.21. The molecule has 0 spiro atoms. The van der Waals surface area contributed by atoms with E-state index in [1.807, 2.05) is 6.92 Å². The van der Waals surface area contributed by atoms with Crippen molar-refractivity contribution in [3.63, 3.8) is 0 Å². The van der Waals surface area contributed by atoms with E-state index in [0.717, 1.165) is 22.3 Å². The fourth-order valence-corrected chi connectivity index (χ4v) is 5.66. The number of aromatic nitrogens is 2. The highest BCUT2D eigenvalue weighted by atomic mass is 79.9. The normalized spacial score (nSPS) is 15.1. The number of carbonyl (C=O) groups is 2. The lowest BCUT2D eigenvalue weighted by molar-refractivity contribution is -0.133. The van der Waals surface area contributed by atoms with Crippen LogP contribution in [0.15, 0.2) is 33.6 Å². The Balaban J connectivity index is 1.45. The van der Waals surface area contributed by atoms with Crippen molar-refractivity contribution >= 4 is 54.2 Å². The lowest BCUT2D eigenvalue weighted by Gasteiger charge is -2.34. The average molecular weight is 530 g/mol. The summed E-state index contributed by atoms with van der Waals surface area (Å²) in [5.74, 6) is -0.455. The van der Waals surface area contributed by atoms with Gasteiger partial charge >= 0.3 is 0 Å². The summed E-state index contributed by atoms with van der Waals surface area (Å²) in [4.78, 5) is 26.4. The molecule has 2 amide bonds. The Kier molecular flexibility index (Phi) is 8.14. The van der Waals surface area contributed by atoms with Crippen molar-refractivity contribution in [2.24, 2.45) is 0 Å². The minimum atomic E-state index is -3.59. The average Bonchev–Trinajstić information content (AvgIpc) is 3.19. The van der Waals surface area contributed by atoms with E-state index in [9.17, 15) is 18.0 Å². The molecule has 1 aliphatic heterocycles. The smallest absolute Gasteiger partial charge is 0.243 e. The molecule has 1 aromatic heterocycles. The molecule has 9 nitrogen and oxygen atoms in total. The van der Waals surface area contributed by atoms with Crippen molar-refractivity contribution in [1.29, 1.82) is 0 Å². The van der Waals surface area contributed by atoms with E-state index in [-0.39, 0.29) is 42.6 Å². The van der Waals surface area contributed by atoms with Gasteiger partial charge in [0, 0.05) is 49.9 Å². The van der Waals surface area contributed by atoms with Crippen LogP contribution in [0.2, 0.25) is 0 Å². The minimum Gasteiger partial charge on any atom is -0.340 e. The van der Waals surface area contributed by atoms with E-state index >= 15 is 0 Å². The molecular formula is C19H24BrN5O4S2. The molecule has 1 aromatic carbocycles. The van der Waals surface area contributed by atoms with E-state index in [1.54, 1.807) is 29.2 Å². The van der Waals surface area contributed by atoms with Gasteiger partial charge in [-0.3, -0.25) is 9.59 Å². The molecule has 2 heterocycles. The predicted molar refractivity (Wildman–Crippen MR) is 121 cm³/mol. The number of aryl methyl sites for hydroxylation is 1. The number of nitrogens with zero attached hydrogens (tertiary/aromatic N) is 4. The van der Waals surface area contributed by atoms with E-state index in [1.165, 1.54) is 15.6 Å². The van der Waals surface area contributed by atoms with Gasteiger partial charge in [0.2, 0.25) is 27.0 Å². The molecular weight excluding hydrogens is 506 g/mol. The summed E-state index contributed by atoms with van der Waals surface area (Å²) in [6, 6.07) is 6.48. The largest absolute Gasteiger partial charge is 0.340 e. The van der Waals surface area contributed by atoms with Crippen LogP contribution >= 0.6 is 27.3 Å². The molecule has 31 heavy (non-hydrogen) atoms. The van der Waals surface area contributed by atoms with Crippen molar-refractivity contribution in [2.75, 3.05) is 31.5 Å². The van der Waals surface area contributed by atoms with Crippen LogP contribution in [0, 0.1) is 0 Å². The molecule has 0 saturated carbocycles. The Morgan fingerprint density at radius 1 is 1.10 bits per heavy atom. The van der Waals surface area contributed by atoms with Crippen molar-refractivity contribution in [3.05, 3.63) is 33.7 Å². The fourth-order valence-electron chi connectivity index (χ4n) is 3.11. The van der Waals surface area contributed by atoms with Crippen LogP contribution in [-0.4, -0.2) is 65.8 Å². The first-order valence-electron chi connectivity index (χ1n) is 9.95. The Hall–Kier alpha value is -1.89. The maximum Gasteiger partial charge on any atom is 0.243 e. The van der Waals surface area contributed by atoms with Gasteiger partial charge < -0.3 is 10.2 Å². The lowest BCUT2D eigenvalue weighted by atomic mass is 10.2. The molecule has 3 rings (SSSR count). The number of amides is 2. The van der Waals surface area contributed by atoms with Gasteiger partial charge in [0.1, 0.15) is 5.01 Å². The second-order valence-electron chi connectivity index (χ2n) is 7.04. The van der Waals surface area contributed by atoms with E-state index in [0.29, 0.717) is 18.2 Å². The molecule has 2 aromatic rings. The molecule has 12 heteroatoms. The number of benzene rings is 1. The predicted octanol–water partition coefficient (Wildman–Crippen LogP) is 2.50. The number of rotatable bonds is 8. The van der Waals surface area contributed by atoms with E-state index in [2.05, 4.69) is 31.4 Å². The van der Waals surface area contributed by atoms with Gasteiger partial charge in [-0.2, -0.15) is 4.31 Å². The number of anilines is 1. The number of piperazine rings is 1. The first kappa shape index (κ1) is 23.8. The number of sulfonamides is 1. The number of carbonyl (C=O) groups excluding carboxylic acids is 2. The summed E-state index contributed by atoms with van der Waals surface area (Å²) in [6.45, 7) is 3.09. The van der Waals surface area contributed by atoms with E-state index < -0.39 is 10.0 Å². The van der Waals surface area contributed by atoms with Crippen LogP contribution in [0.5, 0.6) is 0 Å². The van der Waals surface area contributed by atoms with Gasteiger partial charge in [0.05, 0.1) is 4.90 Å². The molecule has 0 bridgehead atoms. The molecule has 0 atom stereocenters. The molecule has 0 radical (unpaired) electrons. The van der Waals surface area contributed by atoms with Gasteiger partial charge in [-0.1, -0.05) is 34.2 Å². The Morgan fingerprint density at radius 3 is 2.42 bits per heavy atom. The molecule has 0 unspecified atom stereocenters. The summed E-state index contributed by atoms with van der Waals surface area (Å²) in [7, 11) is -3.59. The number of hydrogen-bond donors (Lipinski definition) is 1. The highest BCUT2D eigenvalue weighted by Gasteiger charge is 2.30. The molecule has 0 aliphatic carbocycles. The summed E-state index contributed by atoms with van der Waals surface area (Å²) < 4.78 is 27.7. The number of halogens is 1. The van der Waals surface area contributed by atoms with Gasteiger partial charge in [-0.15, -0.1) is 10.2 Å². The van der Waals surface area contributed by atoms with Crippen molar-refractivity contribution in [2.45, 2.75) is 37.5 Å². The second-order valence-corrected chi connectivity index (χ2v) is 11.0. The molecule has 1 saturated heterocycles. The maximum absolute atomic E-state index is 12.8. The summed E-state index contributed by atoms with van der Waals surface area (Å²) in [5.41, 5.74) is 0. The second kappa shape index (κ2) is 10.6. The third kappa shape index (κ3) is 6.31. The molecule has 168 valence electrons. The monoisotopic (exact) mass is 529 g/mol. The maximum atomic E-state index is 12.8. The van der Waals surface area contributed by atoms with Crippen LogP contribution in [0.25, 0.3) is 0 Å². The third-order valence-electron chi connectivity index (χ3n) is 4.79. The first-order chi connectivity index (χ1) is 14.8. The SMILES string of the molecule is CCCc1nnc(NC(=O)CCC(=O)N2CCN(S(=O)(=O)c3ccc(Br)cc3)CC2)s1. The summed E-state index contributed by atoms with van der Waals surface area (Å²) >= 11 is 4.63. The van der Waals surface area contributed by atoms with Crippen molar-refractivity contribution in [3.8, 4) is 0 Å². The Labute approximate surface area is 194 Å². The van der Waals surface area contributed by atoms with Crippen molar-refractivity contribution < 1.29 is 18.0 Å². The molecule has 1 aliphatic rings. The van der Waals surface area contributed by atoms with Crippen LogP contribution in [0.1, 0.15) is 31.2 Å². The zero-order valence-corrected chi connectivity index (χ0v) is 20.3. The molecule has 1 N–H and O–H groups in total. The number of nitrogens with one attached hydrogen (secondary N) is 1. The third-order valence-corrected chi connectivity index (χ3v) is 8.13. The first-order valence-corrected chi connectivity index (χ1v) is 13.0.